The van der Waals surface area contributed by atoms with E-state index in [4.69, 9.17) is 0 Å². The number of Topliss-reactive ketones (excluding diaryl/α,β-unsaturated/α-hetero) is 1. The molecule has 3 aromatic rings. The van der Waals surface area contributed by atoms with Gasteiger partial charge in [-0.3, -0.25) is 14.0 Å². The Labute approximate surface area is 223 Å². The number of anilines is 1. The van der Waals surface area contributed by atoms with Crippen LogP contribution < -0.4 is 4.90 Å². The van der Waals surface area contributed by atoms with E-state index in [9.17, 15) is 18.3 Å². The van der Waals surface area contributed by atoms with Crippen LogP contribution in [-0.2, 0) is 10.0 Å². The highest BCUT2D eigenvalue weighted by Gasteiger charge is 2.43. The number of fused-ring (bicyclic) bond motifs is 1. The zero-order valence-electron chi connectivity index (χ0n) is 21.7. The smallest absolute Gasteiger partial charge is 0.282 e. The Morgan fingerprint density at radius 1 is 0.921 bits per heavy atom. The molecule has 0 aliphatic carbocycles. The molecular weight excluding hydrogens is 500 g/mol. The summed E-state index contributed by atoms with van der Waals surface area (Å²) in [5, 5.41) is 11.0. The van der Waals surface area contributed by atoms with Crippen LogP contribution in [0.2, 0.25) is 0 Å². The molecule has 0 unspecified atom stereocenters. The van der Waals surface area contributed by atoms with E-state index in [0.29, 0.717) is 29.8 Å². The Bertz CT molecular complexity index is 1470. The minimum atomic E-state index is -4.15. The standard InChI is InChI=1S/C29H32N4O4S/c1-21-20-22(2)30-29-25(21)28(35)26(27(34)23-10-5-3-6-11-23)33(38(29,36)37)15-9-14-31-16-18-32(19-17-31)24-12-7-4-8-13-24/h3-8,10-13,20,34H,9,14-19H2,1-2H3/b27-26-. The number of aliphatic hydroxyl groups is 1. The Hall–Kier alpha value is -3.69. The quantitative estimate of drug-likeness (QED) is 0.379. The fourth-order valence-corrected chi connectivity index (χ4v) is 6.98. The summed E-state index contributed by atoms with van der Waals surface area (Å²) in [6.45, 7) is 7.65. The molecule has 0 bridgehead atoms. The van der Waals surface area contributed by atoms with Gasteiger partial charge in [0, 0.05) is 56.2 Å². The molecule has 2 aliphatic heterocycles. The molecule has 8 nitrogen and oxygen atoms in total. The van der Waals surface area contributed by atoms with Crippen molar-refractivity contribution in [3.8, 4) is 0 Å². The van der Waals surface area contributed by atoms with Crippen LogP contribution in [0.15, 0.2) is 77.5 Å². The van der Waals surface area contributed by atoms with Gasteiger partial charge in [0.05, 0.1) is 5.56 Å². The SMILES string of the molecule is Cc1cc(C)c2c(n1)S(=O)(=O)N(CCCN1CCN(c3ccccc3)CC1)/C(=C(\O)c1ccccc1)C2=O. The summed E-state index contributed by atoms with van der Waals surface area (Å²) in [7, 11) is -4.15. The number of benzene rings is 2. The van der Waals surface area contributed by atoms with E-state index in [1.165, 1.54) is 5.69 Å². The highest BCUT2D eigenvalue weighted by Crippen LogP contribution is 2.36. The number of aliphatic hydroxyl groups excluding tert-OH is 1. The van der Waals surface area contributed by atoms with E-state index in [1.54, 1.807) is 50.2 Å². The number of pyridine rings is 1. The summed E-state index contributed by atoms with van der Waals surface area (Å²) >= 11 is 0. The number of nitrogens with zero attached hydrogens (tertiary/aromatic N) is 4. The molecule has 1 N–H and O–H groups in total. The van der Waals surface area contributed by atoms with E-state index in [0.717, 1.165) is 30.5 Å². The Morgan fingerprint density at radius 2 is 1.55 bits per heavy atom. The molecule has 2 aliphatic rings. The average molecular weight is 533 g/mol. The molecule has 0 saturated carbocycles. The Kier molecular flexibility index (Phi) is 7.23. The number of ketones is 1. The summed E-state index contributed by atoms with van der Waals surface area (Å²) in [5.74, 6) is -0.876. The molecule has 1 fully saturated rings. The van der Waals surface area contributed by atoms with Gasteiger partial charge in [-0.05, 0) is 44.0 Å². The predicted molar refractivity (Wildman–Crippen MR) is 148 cm³/mol. The second kappa shape index (κ2) is 10.6. The highest BCUT2D eigenvalue weighted by atomic mass is 32.2. The molecule has 38 heavy (non-hydrogen) atoms. The van der Waals surface area contributed by atoms with Crippen LogP contribution in [0.1, 0.15) is 33.6 Å². The summed E-state index contributed by atoms with van der Waals surface area (Å²) in [6, 6.07) is 20.6. The monoisotopic (exact) mass is 532 g/mol. The van der Waals surface area contributed by atoms with Crippen LogP contribution in [0.4, 0.5) is 5.69 Å². The van der Waals surface area contributed by atoms with Gasteiger partial charge in [-0.2, -0.15) is 8.42 Å². The van der Waals surface area contributed by atoms with Gasteiger partial charge < -0.3 is 10.0 Å². The average Bonchev–Trinajstić information content (AvgIpc) is 2.92. The Morgan fingerprint density at radius 3 is 2.21 bits per heavy atom. The molecule has 1 aromatic heterocycles. The summed E-state index contributed by atoms with van der Waals surface area (Å²) < 4.78 is 28.7. The predicted octanol–water partition coefficient (Wildman–Crippen LogP) is 4.02. The van der Waals surface area contributed by atoms with E-state index in [1.807, 2.05) is 18.2 Å². The van der Waals surface area contributed by atoms with Crippen LogP contribution in [0, 0.1) is 13.8 Å². The van der Waals surface area contributed by atoms with Gasteiger partial charge in [-0.25, -0.2) is 4.98 Å². The number of rotatable bonds is 6. The maximum atomic E-state index is 13.8. The number of sulfonamides is 1. The van der Waals surface area contributed by atoms with Crippen molar-refractivity contribution in [2.75, 3.05) is 44.2 Å². The summed E-state index contributed by atoms with van der Waals surface area (Å²) in [4.78, 5) is 22.6. The van der Waals surface area contributed by atoms with Crippen molar-refractivity contribution in [1.29, 1.82) is 0 Å². The fraction of sp³-hybridized carbons (Fsp3) is 0.310. The van der Waals surface area contributed by atoms with Gasteiger partial charge in [0.2, 0.25) is 5.78 Å². The number of hydrogen-bond acceptors (Lipinski definition) is 7. The normalized spacial score (nSPS) is 18.8. The second-order valence-corrected chi connectivity index (χ2v) is 11.5. The van der Waals surface area contributed by atoms with Gasteiger partial charge in [0.1, 0.15) is 5.70 Å². The molecule has 0 amide bonds. The molecule has 3 heterocycles. The van der Waals surface area contributed by atoms with Crippen molar-refractivity contribution >= 4 is 27.3 Å². The van der Waals surface area contributed by atoms with Crippen LogP contribution in [0.25, 0.3) is 5.76 Å². The van der Waals surface area contributed by atoms with E-state index < -0.39 is 15.8 Å². The topological polar surface area (TPSA) is 94.1 Å². The first-order valence-corrected chi connectivity index (χ1v) is 14.3. The van der Waals surface area contributed by atoms with Crippen molar-refractivity contribution < 1.29 is 18.3 Å². The second-order valence-electron chi connectivity index (χ2n) is 9.75. The van der Waals surface area contributed by atoms with Crippen molar-refractivity contribution in [3.05, 3.63) is 94.8 Å². The summed E-state index contributed by atoms with van der Waals surface area (Å²) in [5.41, 5.74) is 2.44. The molecule has 2 aromatic carbocycles. The van der Waals surface area contributed by atoms with Crippen LogP contribution in [-0.4, -0.2) is 72.8 Å². The third kappa shape index (κ3) is 4.91. The third-order valence-corrected chi connectivity index (χ3v) is 8.87. The van der Waals surface area contributed by atoms with Crippen LogP contribution >= 0.6 is 0 Å². The van der Waals surface area contributed by atoms with Crippen LogP contribution in [0.5, 0.6) is 0 Å². The van der Waals surface area contributed by atoms with Crippen molar-refractivity contribution in [1.82, 2.24) is 14.2 Å². The largest absolute Gasteiger partial charge is 0.505 e. The lowest BCUT2D eigenvalue weighted by atomic mass is 10.0. The zero-order valence-corrected chi connectivity index (χ0v) is 22.5. The first-order valence-electron chi connectivity index (χ1n) is 12.8. The van der Waals surface area contributed by atoms with E-state index in [-0.39, 0.29) is 28.6 Å². The Balaban J connectivity index is 1.39. The first-order chi connectivity index (χ1) is 18.3. The molecule has 5 rings (SSSR count). The number of aromatic nitrogens is 1. The molecule has 9 heteroatoms. The number of hydrogen-bond donors (Lipinski definition) is 1. The number of carbonyl (C=O) groups excluding carboxylic acids is 1. The van der Waals surface area contributed by atoms with Gasteiger partial charge >= 0.3 is 0 Å². The first kappa shape index (κ1) is 25.9. The molecule has 0 atom stereocenters. The molecule has 0 radical (unpaired) electrons. The number of aryl methyl sites for hydroxylation is 2. The maximum absolute atomic E-state index is 13.8. The van der Waals surface area contributed by atoms with Crippen LogP contribution in [0.3, 0.4) is 0 Å². The lowest BCUT2D eigenvalue weighted by Gasteiger charge is -2.37. The van der Waals surface area contributed by atoms with Gasteiger partial charge in [-0.1, -0.05) is 48.5 Å². The summed E-state index contributed by atoms with van der Waals surface area (Å²) in [6.07, 6.45) is 0.504. The lowest BCUT2D eigenvalue weighted by Crippen LogP contribution is -2.47. The highest BCUT2D eigenvalue weighted by molar-refractivity contribution is 7.89. The van der Waals surface area contributed by atoms with Crippen molar-refractivity contribution in [2.24, 2.45) is 0 Å². The lowest BCUT2D eigenvalue weighted by molar-refractivity contribution is 0.0995. The van der Waals surface area contributed by atoms with E-state index >= 15 is 0 Å². The number of para-hydroxylation sites is 1. The van der Waals surface area contributed by atoms with Gasteiger partial charge in [-0.15, -0.1) is 0 Å². The minimum absolute atomic E-state index is 0.0290. The van der Waals surface area contributed by atoms with Gasteiger partial charge in [0.15, 0.2) is 10.8 Å². The van der Waals surface area contributed by atoms with Gasteiger partial charge in [0.25, 0.3) is 10.0 Å². The fourth-order valence-electron chi connectivity index (χ4n) is 5.22. The molecule has 198 valence electrons. The van der Waals surface area contributed by atoms with Crippen molar-refractivity contribution in [3.63, 3.8) is 0 Å². The van der Waals surface area contributed by atoms with Crippen molar-refractivity contribution in [2.45, 2.75) is 25.3 Å². The number of piperazine rings is 1. The molecular formula is C29H32N4O4S. The number of allylic oxidation sites excluding steroid dienone is 1. The zero-order chi connectivity index (χ0) is 26.9. The number of carbonyl (C=O) groups is 1. The molecule has 1 saturated heterocycles. The third-order valence-electron chi connectivity index (χ3n) is 7.14. The molecule has 0 spiro atoms. The maximum Gasteiger partial charge on any atom is 0.282 e. The minimum Gasteiger partial charge on any atom is -0.505 e. The van der Waals surface area contributed by atoms with E-state index in [2.05, 4.69) is 26.9 Å².